The summed E-state index contributed by atoms with van der Waals surface area (Å²) in [5, 5.41) is 9.92. The first-order valence-corrected chi connectivity index (χ1v) is 9.63. The Kier molecular flexibility index (Phi) is 5.38. The van der Waals surface area contributed by atoms with E-state index in [1.165, 1.54) is 18.2 Å². The van der Waals surface area contributed by atoms with Gasteiger partial charge in [-0.1, -0.05) is 23.2 Å². The Balaban J connectivity index is 1.73. The normalized spacial score (nSPS) is 13.1. The summed E-state index contributed by atoms with van der Waals surface area (Å²) in [6.45, 7) is 0. The molecular formula is C18H13Cl2N5O6. The number of rotatable bonds is 5. The molecule has 0 atom stereocenters. The van der Waals surface area contributed by atoms with E-state index in [0.29, 0.717) is 5.56 Å². The molecule has 1 aromatic carbocycles. The van der Waals surface area contributed by atoms with Crippen LogP contribution in [0.25, 0.3) is 5.69 Å². The number of hydrogen-bond acceptors (Lipinski definition) is 8. The molecule has 0 unspecified atom stereocenters. The zero-order chi connectivity index (χ0) is 22.3. The topological polar surface area (TPSA) is 149 Å². The van der Waals surface area contributed by atoms with Crippen molar-refractivity contribution in [1.29, 1.82) is 0 Å². The largest absolute Gasteiger partial charge is 0.464 e. The van der Waals surface area contributed by atoms with E-state index >= 15 is 0 Å². The fourth-order valence-corrected chi connectivity index (χ4v) is 3.38. The molecule has 0 amide bonds. The molecule has 3 aromatic rings. The number of ether oxygens (including phenoxy) is 2. The van der Waals surface area contributed by atoms with Crippen molar-refractivity contribution in [2.45, 2.75) is 18.8 Å². The van der Waals surface area contributed by atoms with Gasteiger partial charge in [0.2, 0.25) is 11.6 Å². The van der Waals surface area contributed by atoms with E-state index < -0.39 is 22.9 Å². The first kappa shape index (κ1) is 20.8. The Morgan fingerprint density at radius 2 is 1.81 bits per heavy atom. The lowest BCUT2D eigenvalue weighted by molar-refractivity contribution is 0.0589. The van der Waals surface area contributed by atoms with Crippen LogP contribution in [0.5, 0.6) is 11.6 Å². The molecule has 0 radical (unpaired) electrons. The van der Waals surface area contributed by atoms with Gasteiger partial charge in [0.15, 0.2) is 5.75 Å². The first-order chi connectivity index (χ1) is 14.8. The molecule has 4 rings (SSSR count). The van der Waals surface area contributed by atoms with Gasteiger partial charge in [0, 0.05) is 11.6 Å². The third-order valence-corrected chi connectivity index (χ3v) is 5.03. The summed E-state index contributed by atoms with van der Waals surface area (Å²) in [4.78, 5) is 49.5. The highest BCUT2D eigenvalue weighted by molar-refractivity contribution is 6.37. The predicted molar refractivity (Wildman–Crippen MR) is 109 cm³/mol. The highest BCUT2D eigenvalue weighted by atomic mass is 35.5. The van der Waals surface area contributed by atoms with Crippen LogP contribution in [0.2, 0.25) is 10.0 Å². The number of nitrogens with zero attached hydrogens (tertiary/aromatic N) is 3. The van der Waals surface area contributed by atoms with Crippen LogP contribution in [0.3, 0.4) is 0 Å². The van der Waals surface area contributed by atoms with Gasteiger partial charge in [0.1, 0.15) is 0 Å². The average Bonchev–Trinajstić information content (AvgIpc) is 3.56. The monoisotopic (exact) mass is 465 g/mol. The summed E-state index contributed by atoms with van der Waals surface area (Å²) in [7, 11) is 1.07. The van der Waals surface area contributed by atoms with Crippen molar-refractivity contribution in [1.82, 2.24) is 25.0 Å². The van der Waals surface area contributed by atoms with Gasteiger partial charge in [-0.25, -0.2) is 14.7 Å². The highest BCUT2D eigenvalue weighted by Gasteiger charge is 2.27. The Hall–Kier alpha value is -3.44. The van der Waals surface area contributed by atoms with Crippen LogP contribution in [0.15, 0.2) is 32.6 Å². The lowest BCUT2D eigenvalue weighted by Gasteiger charge is -2.12. The number of benzene rings is 1. The maximum Gasteiger partial charge on any atom is 0.364 e. The molecule has 31 heavy (non-hydrogen) atoms. The van der Waals surface area contributed by atoms with Gasteiger partial charge in [0.25, 0.3) is 11.1 Å². The fraction of sp³-hybridized carbons (Fsp3) is 0.222. The standard InChI is InChI=1S/C18H13Cl2N5O6/c1-30-17(28)13-16(27)21-18(29)25(24-13)8-4-10(19)14(11(20)5-8)31-12-6-9(7-2-3-7)15(26)23-22-12/h4-7H,2-3H2,1H3,(H,23,26)(H,21,27,29). The molecule has 11 nitrogen and oxygen atoms in total. The van der Waals surface area contributed by atoms with Crippen molar-refractivity contribution in [2.24, 2.45) is 0 Å². The molecule has 1 fully saturated rings. The second-order valence-electron chi connectivity index (χ2n) is 6.62. The quantitative estimate of drug-likeness (QED) is 0.541. The summed E-state index contributed by atoms with van der Waals surface area (Å²) >= 11 is 12.6. The number of halogens is 2. The van der Waals surface area contributed by atoms with Crippen LogP contribution in [0.4, 0.5) is 0 Å². The van der Waals surface area contributed by atoms with E-state index in [9.17, 15) is 19.2 Å². The van der Waals surface area contributed by atoms with Gasteiger partial charge in [-0.05, 0) is 30.9 Å². The maximum atomic E-state index is 12.2. The summed E-state index contributed by atoms with van der Waals surface area (Å²) < 4.78 is 10.9. The molecule has 1 aliphatic rings. The molecular weight excluding hydrogens is 453 g/mol. The Morgan fingerprint density at radius 3 is 2.42 bits per heavy atom. The summed E-state index contributed by atoms with van der Waals surface area (Å²) in [5.74, 6) is -0.739. The lowest BCUT2D eigenvalue weighted by Crippen LogP contribution is -2.36. The van der Waals surface area contributed by atoms with Crippen molar-refractivity contribution < 1.29 is 14.3 Å². The number of carbonyl (C=O) groups excluding carboxylic acids is 1. The van der Waals surface area contributed by atoms with Gasteiger partial charge in [-0.3, -0.25) is 14.6 Å². The Morgan fingerprint density at radius 1 is 1.13 bits per heavy atom. The van der Waals surface area contributed by atoms with Gasteiger partial charge in [0.05, 0.1) is 22.8 Å². The molecule has 1 aliphatic carbocycles. The van der Waals surface area contributed by atoms with E-state index in [1.807, 2.05) is 4.98 Å². The number of H-pyrrole nitrogens is 2. The van der Waals surface area contributed by atoms with Gasteiger partial charge < -0.3 is 9.47 Å². The van der Waals surface area contributed by atoms with Crippen LogP contribution >= 0.6 is 23.2 Å². The van der Waals surface area contributed by atoms with Crippen LogP contribution in [0.1, 0.15) is 34.8 Å². The minimum Gasteiger partial charge on any atom is -0.464 e. The van der Waals surface area contributed by atoms with Gasteiger partial charge >= 0.3 is 11.7 Å². The average molecular weight is 466 g/mol. The molecule has 2 N–H and O–H groups in total. The number of carbonyl (C=O) groups is 1. The van der Waals surface area contributed by atoms with Crippen LogP contribution in [-0.2, 0) is 4.74 Å². The van der Waals surface area contributed by atoms with Crippen LogP contribution < -0.4 is 21.5 Å². The van der Waals surface area contributed by atoms with E-state index in [4.69, 9.17) is 27.9 Å². The zero-order valence-electron chi connectivity index (χ0n) is 15.8. The number of methoxy groups -OCH3 is 1. The minimum atomic E-state index is -1.03. The predicted octanol–water partition coefficient (Wildman–Crippen LogP) is 1.77. The number of aromatic nitrogens is 5. The highest BCUT2D eigenvalue weighted by Crippen LogP contribution is 2.41. The van der Waals surface area contributed by atoms with E-state index in [2.05, 4.69) is 20.0 Å². The van der Waals surface area contributed by atoms with E-state index in [1.54, 1.807) is 0 Å². The summed E-state index contributed by atoms with van der Waals surface area (Å²) in [6.07, 6.45) is 1.83. The summed E-state index contributed by atoms with van der Waals surface area (Å²) in [6, 6.07) is 4.11. The molecule has 13 heteroatoms. The van der Waals surface area contributed by atoms with E-state index in [-0.39, 0.29) is 38.8 Å². The number of aromatic amines is 2. The third kappa shape index (κ3) is 4.09. The first-order valence-electron chi connectivity index (χ1n) is 8.87. The minimum absolute atomic E-state index is 0.0111. The zero-order valence-corrected chi connectivity index (χ0v) is 17.3. The van der Waals surface area contributed by atoms with E-state index in [0.717, 1.165) is 24.6 Å². The van der Waals surface area contributed by atoms with Crippen molar-refractivity contribution in [2.75, 3.05) is 7.11 Å². The van der Waals surface area contributed by atoms with Crippen LogP contribution in [0, 0.1) is 0 Å². The lowest BCUT2D eigenvalue weighted by atomic mass is 10.2. The van der Waals surface area contributed by atoms with Crippen molar-refractivity contribution in [3.63, 3.8) is 0 Å². The Labute approximate surface area is 182 Å². The second kappa shape index (κ2) is 8.00. The number of hydrogen-bond donors (Lipinski definition) is 2. The van der Waals surface area contributed by atoms with Crippen molar-refractivity contribution in [3.8, 4) is 17.3 Å². The van der Waals surface area contributed by atoms with Crippen molar-refractivity contribution >= 4 is 29.2 Å². The summed E-state index contributed by atoms with van der Waals surface area (Å²) in [5.41, 5.74) is -2.21. The van der Waals surface area contributed by atoms with Gasteiger partial charge in [-0.2, -0.15) is 9.78 Å². The molecule has 0 bridgehead atoms. The van der Waals surface area contributed by atoms with Gasteiger partial charge in [-0.15, -0.1) is 5.10 Å². The molecule has 0 saturated heterocycles. The third-order valence-electron chi connectivity index (χ3n) is 4.47. The molecule has 2 heterocycles. The maximum absolute atomic E-state index is 12.2. The number of nitrogens with one attached hydrogen (secondary N) is 2. The van der Waals surface area contributed by atoms with Crippen molar-refractivity contribution in [3.05, 3.63) is 70.7 Å². The molecule has 0 spiro atoms. The molecule has 1 saturated carbocycles. The molecule has 160 valence electrons. The SMILES string of the molecule is COC(=O)c1nn(-c2cc(Cl)c(Oc3cc(C4CC4)c(=O)[nH]n3)c(Cl)c2)c(=O)[nH]c1=O. The van der Waals surface area contributed by atoms with Crippen LogP contribution in [-0.4, -0.2) is 38.0 Å². The fourth-order valence-electron chi connectivity index (χ4n) is 2.83. The Bertz CT molecular complexity index is 1350. The second-order valence-corrected chi connectivity index (χ2v) is 7.43. The number of esters is 1. The molecule has 0 aliphatic heterocycles. The molecule has 2 aromatic heterocycles. The smallest absolute Gasteiger partial charge is 0.364 e.